The quantitative estimate of drug-likeness (QED) is 0.130. The highest BCUT2D eigenvalue weighted by molar-refractivity contribution is 7.82. The van der Waals surface area contributed by atoms with Gasteiger partial charge in [-0.25, -0.2) is 4.74 Å². The molecule has 0 saturated heterocycles. The number of rotatable bonds is 7. The molecule has 7 heteroatoms. The molecule has 186 valence electrons. The lowest BCUT2D eigenvalue weighted by molar-refractivity contribution is 0.971. The van der Waals surface area contributed by atoms with Crippen LogP contribution < -0.4 is 10.6 Å². The van der Waals surface area contributed by atoms with E-state index >= 15 is 0 Å². The summed E-state index contributed by atoms with van der Waals surface area (Å²) in [5.41, 5.74) is 1.11. The summed E-state index contributed by atoms with van der Waals surface area (Å²) >= 11 is 0. The summed E-state index contributed by atoms with van der Waals surface area (Å²) < 4.78 is 14.3. The van der Waals surface area contributed by atoms with E-state index in [2.05, 4.69) is 154 Å². The molecular weight excluding hydrogens is 494 g/mol. The van der Waals surface area contributed by atoms with Gasteiger partial charge < -0.3 is 8.66 Å². The van der Waals surface area contributed by atoms with E-state index in [1.807, 2.05) is 0 Å². The minimum atomic E-state index is -2.39. The van der Waals surface area contributed by atoms with Gasteiger partial charge in [-0.2, -0.15) is 0 Å². The first-order valence-electron chi connectivity index (χ1n) is 12.4. The average molecular weight is 536 g/mol. The first-order valence-corrected chi connectivity index (χ1v) is 24.5. The fraction of sp³-hybridized carbons (Fsp3) is 0.321. The Morgan fingerprint density at radius 1 is 0.571 bits per heavy atom. The van der Waals surface area contributed by atoms with Gasteiger partial charge >= 0.3 is 0 Å². The number of benzene rings is 3. The monoisotopic (exact) mass is 535 g/mol. The van der Waals surface area contributed by atoms with Crippen LogP contribution in [0.5, 0.6) is 0 Å². The lowest BCUT2D eigenvalue weighted by Crippen LogP contribution is -2.59. The Labute approximate surface area is 216 Å². The number of hydrogen-bond acceptors (Lipinski definition) is 1. The van der Waals surface area contributed by atoms with Crippen molar-refractivity contribution in [3.8, 4) is 0 Å². The molecule has 0 N–H and O–H groups in total. The van der Waals surface area contributed by atoms with Crippen LogP contribution in [-0.2, 0) is 0 Å². The van der Waals surface area contributed by atoms with Crippen molar-refractivity contribution in [3.63, 3.8) is 0 Å². The fourth-order valence-electron chi connectivity index (χ4n) is 4.87. The van der Waals surface area contributed by atoms with Crippen molar-refractivity contribution in [2.45, 2.75) is 58.9 Å². The van der Waals surface area contributed by atoms with Crippen molar-refractivity contribution in [1.29, 1.82) is 0 Å². The maximum absolute atomic E-state index is 5.93. The minimum absolute atomic E-state index is 0.910. The summed E-state index contributed by atoms with van der Waals surface area (Å²) in [6, 6.07) is 32.7. The molecular formula is C28H42N3PSi3. The van der Waals surface area contributed by atoms with Crippen LogP contribution in [0.15, 0.2) is 100 Å². The second-order valence-electron chi connectivity index (χ2n) is 12.0. The van der Waals surface area contributed by atoms with Gasteiger partial charge in [-0.3, -0.25) is 0 Å². The summed E-state index contributed by atoms with van der Waals surface area (Å²) in [5.74, 6) is 0.910. The maximum atomic E-state index is 5.93. The van der Waals surface area contributed by atoms with Crippen LogP contribution in [0, 0.1) is 0 Å². The van der Waals surface area contributed by atoms with Gasteiger partial charge in [0.2, 0.25) is 0 Å². The van der Waals surface area contributed by atoms with Crippen molar-refractivity contribution in [1.82, 2.24) is 4.00 Å². The Hall–Kier alpha value is -1.83. The molecule has 0 fully saturated rings. The highest BCUT2D eigenvalue weighted by Crippen LogP contribution is 2.56. The van der Waals surface area contributed by atoms with Crippen molar-refractivity contribution < 1.29 is 0 Å². The Morgan fingerprint density at radius 3 is 1.29 bits per heavy atom. The van der Waals surface area contributed by atoms with Gasteiger partial charge in [0, 0.05) is 16.2 Å². The van der Waals surface area contributed by atoms with Crippen molar-refractivity contribution >= 4 is 48.4 Å². The maximum Gasteiger partial charge on any atom is 0.175 e. The van der Waals surface area contributed by atoms with E-state index in [0.29, 0.717) is 0 Å². The summed E-state index contributed by atoms with van der Waals surface area (Å²) in [7, 11) is -7.89. The molecule has 0 spiro atoms. The molecule has 3 aromatic carbocycles. The van der Waals surface area contributed by atoms with Crippen molar-refractivity contribution in [2.24, 2.45) is 9.40 Å². The van der Waals surface area contributed by atoms with E-state index in [1.165, 1.54) is 10.6 Å². The second kappa shape index (κ2) is 10.7. The Bertz CT molecular complexity index is 1130. The second-order valence-corrected chi connectivity index (χ2v) is 30.2. The number of amidine groups is 1. The molecule has 0 aliphatic carbocycles. The van der Waals surface area contributed by atoms with Gasteiger partial charge in [-0.05, 0) is 19.6 Å². The molecule has 3 nitrogen and oxygen atoms in total. The van der Waals surface area contributed by atoms with Gasteiger partial charge in [0.25, 0.3) is 0 Å². The molecule has 0 atom stereocenters. The average Bonchev–Trinajstić information content (AvgIpc) is 2.77. The molecule has 0 aliphatic rings. The van der Waals surface area contributed by atoms with E-state index in [1.54, 1.807) is 0 Å². The first-order chi connectivity index (χ1) is 16.2. The van der Waals surface area contributed by atoms with Crippen LogP contribution in [0.25, 0.3) is 0 Å². The topological polar surface area (TPSA) is 28.0 Å². The third-order valence-corrected chi connectivity index (χ3v) is 21.4. The Balaban J connectivity index is 2.61. The van der Waals surface area contributed by atoms with Crippen LogP contribution in [0.4, 0.5) is 0 Å². The van der Waals surface area contributed by atoms with Crippen LogP contribution in [-0.4, -0.2) is 34.5 Å². The largest absolute Gasteiger partial charge is 0.305 e. The predicted octanol–water partition coefficient (Wildman–Crippen LogP) is 8.01. The minimum Gasteiger partial charge on any atom is -0.305 e. The number of hydrogen-bond donors (Lipinski definition) is 0. The smallest absolute Gasteiger partial charge is 0.175 e. The summed E-state index contributed by atoms with van der Waals surface area (Å²) in [6.07, 6.45) is 0. The third kappa shape index (κ3) is 6.69. The lowest BCUT2D eigenvalue weighted by atomic mass is 10.2. The van der Waals surface area contributed by atoms with Gasteiger partial charge in [-0.1, -0.05) is 130 Å². The highest BCUT2D eigenvalue weighted by atomic mass is 31.2. The lowest BCUT2D eigenvalue weighted by Gasteiger charge is -2.51. The first kappa shape index (κ1) is 27.8. The molecule has 0 bridgehead atoms. The molecule has 0 saturated carbocycles. The SMILES string of the molecule is C[Si](C)(C)/N=C(\N=P(c1ccccc1)(c1ccccc1)N([Si](C)(C)C)[Si](C)(C)C)c1ccccc1. The fourth-order valence-corrected chi connectivity index (χ4v) is 25.1. The summed E-state index contributed by atoms with van der Waals surface area (Å²) in [4.78, 5) is 0. The third-order valence-electron chi connectivity index (χ3n) is 5.51. The van der Waals surface area contributed by atoms with Crippen LogP contribution in [0.3, 0.4) is 0 Å². The zero-order valence-electron chi connectivity index (χ0n) is 22.9. The molecule has 3 aromatic rings. The van der Waals surface area contributed by atoms with Crippen LogP contribution in [0.1, 0.15) is 5.56 Å². The van der Waals surface area contributed by atoms with Crippen molar-refractivity contribution in [2.75, 3.05) is 0 Å². The molecule has 0 heterocycles. The van der Waals surface area contributed by atoms with E-state index < -0.39 is 31.9 Å². The van der Waals surface area contributed by atoms with Crippen LogP contribution >= 0.6 is 7.21 Å². The highest BCUT2D eigenvalue weighted by Gasteiger charge is 2.46. The standard InChI is InChI=1S/C28H42N3PSi3/c1-33(2,3)30-28(25-19-13-10-14-20-25)29-32(26-21-15-11-16-22-26,27-23-17-12-18-24-27)31(34(4,5)6)35(7,8)9/h10-24H,1-9H3/b30-28-. The molecule has 3 rings (SSSR count). The molecule has 0 aromatic heterocycles. The Morgan fingerprint density at radius 2 is 0.943 bits per heavy atom. The van der Waals surface area contributed by atoms with Gasteiger partial charge in [0.05, 0.1) is 7.21 Å². The van der Waals surface area contributed by atoms with Gasteiger partial charge in [-0.15, -0.1) is 0 Å². The molecule has 0 aliphatic heterocycles. The summed E-state index contributed by atoms with van der Waals surface area (Å²) in [5, 5.41) is 2.63. The van der Waals surface area contributed by atoms with Crippen LogP contribution in [0.2, 0.25) is 58.9 Å². The normalized spacial score (nSPS) is 13.7. The molecule has 35 heavy (non-hydrogen) atoms. The van der Waals surface area contributed by atoms with E-state index in [0.717, 1.165) is 11.4 Å². The zero-order valence-corrected chi connectivity index (χ0v) is 26.8. The molecule has 0 radical (unpaired) electrons. The number of nitrogens with zero attached hydrogens (tertiary/aromatic N) is 3. The van der Waals surface area contributed by atoms with E-state index in [4.69, 9.17) is 9.40 Å². The Kier molecular flexibility index (Phi) is 8.45. The van der Waals surface area contributed by atoms with Gasteiger partial charge in [0.1, 0.15) is 22.3 Å². The van der Waals surface area contributed by atoms with Gasteiger partial charge in [0.15, 0.2) is 8.24 Å². The zero-order chi connectivity index (χ0) is 25.9. The molecule has 0 amide bonds. The van der Waals surface area contributed by atoms with E-state index in [-0.39, 0.29) is 0 Å². The van der Waals surface area contributed by atoms with Crippen molar-refractivity contribution in [3.05, 3.63) is 96.6 Å². The molecule has 0 unspecified atom stereocenters. The predicted molar refractivity (Wildman–Crippen MR) is 166 cm³/mol. The van der Waals surface area contributed by atoms with E-state index in [9.17, 15) is 0 Å². The summed E-state index contributed by atoms with van der Waals surface area (Å²) in [6.45, 7) is 21.8.